The number of amides is 1. The number of aromatic nitrogens is 1. The van der Waals surface area contributed by atoms with E-state index in [0.29, 0.717) is 5.56 Å². The molecule has 0 aliphatic carbocycles. The lowest BCUT2D eigenvalue weighted by molar-refractivity contribution is 0.0692. The lowest BCUT2D eigenvalue weighted by Gasteiger charge is -2.40. The van der Waals surface area contributed by atoms with Crippen LogP contribution in [0.2, 0.25) is 0 Å². The first-order valence-corrected chi connectivity index (χ1v) is 11.1. The van der Waals surface area contributed by atoms with Gasteiger partial charge in [0.05, 0.1) is 11.1 Å². The number of hydrogen-bond donors (Lipinski definition) is 0. The van der Waals surface area contributed by atoms with Crippen LogP contribution >= 0.6 is 0 Å². The molecule has 2 fully saturated rings. The number of piperidine rings is 1. The van der Waals surface area contributed by atoms with E-state index in [1.165, 1.54) is 24.9 Å². The molecule has 0 bridgehead atoms. The van der Waals surface area contributed by atoms with Crippen LogP contribution in [0.3, 0.4) is 0 Å². The largest absolute Gasteiger partial charge is 0.338 e. The van der Waals surface area contributed by atoms with Crippen molar-refractivity contribution in [3.63, 3.8) is 0 Å². The van der Waals surface area contributed by atoms with E-state index in [0.717, 1.165) is 49.9 Å². The summed E-state index contributed by atoms with van der Waals surface area (Å²) in [5.74, 6) is 0.131. The molecule has 4 nitrogen and oxygen atoms in total. The first kappa shape index (κ1) is 19.3. The van der Waals surface area contributed by atoms with E-state index in [9.17, 15) is 4.79 Å². The number of fused-ring (bicyclic) bond motifs is 1. The Morgan fingerprint density at radius 2 is 1.80 bits per heavy atom. The number of para-hydroxylation sites is 1. The lowest BCUT2D eigenvalue weighted by atomic mass is 9.79. The van der Waals surface area contributed by atoms with Crippen molar-refractivity contribution in [1.29, 1.82) is 0 Å². The van der Waals surface area contributed by atoms with Crippen LogP contribution < -0.4 is 0 Å². The van der Waals surface area contributed by atoms with E-state index in [1.807, 2.05) is 30.3 Å². The van der Waals surface area contributed by atoms with E-state index in [1.54, 1.807) is 6.20 Å². The van der Waals surface area contributed by atoms with E-state index >= 15 is 0 Å². The fourth-order valence-corrected chi connectivity index (χ4v) is 5.25. The summed E-state index contributed by atoms with van der Waals surface area (Å²) in [5.41, 5.74) is 3.31. The van der Waals surface area contributed by atoms with Crippen molar-refractivity contribution in [3.05, 3.63) is 78.0 Å². The molecule has 3 heterocycles. The molecule has 30 heavy (non-hydrogen) atoms. The molecule has 1 unspecified atom stereocenters. The zero-order valence-corrected chi connectivity index (χ0v) is 17.5. The Morgan fingerprint density at radius 3 is 2.70 bits per heavy atom. The molecule has 4 heteroatoms. The van der Waals surface area contributed by atoms with Crippen LogP contribution in [0, 0.1) is 5.41 Å². The maximum absolute atomic E-state index is 13.2. The van der Waals surface area contributed by atoms with Crippen molar-refractivity contribution in [2.75, 3.05) is 32.7 Å². The molecule has 154 valence electrons. The monoisotopic (exact) mass is 399 g/mol. The maximum Gasteiger partial charge on any atom is 0.255 e. The van der Waals surface area contributed by atoms with E-state index in [-0.39, 0.29) is 11.3 Å². The zero-order chi connectivity index (χ0) is 20.4. The highest BCUT2D eigenvalue weighted by atomic mass is 16.2. The Bertz CT molecular complexity index is 1030. The summed E-state index contributed by atoms with van der Waals surface area (Å²) in [5, 5.41) is 1.03. The van der Waals surface area contributed by atoms with Gasteiger partial charge in [0.25, 0.3) is 5.91 Å². The number of likely N-dealkylation sites (tertiary alicyclic amines) is 2. The van der Waals surface area contributed by atoms with Crippen LogP contribution in [0.5, 0.6) is 0 Å². The molecule has 2 aromatic carbocycles. The minimum atomic E-state index is 0.131. The van der Waals surface area contributed by atoms with Gasteiger partial charge in [-0.25, -0.2) is 0 Å². The first-order valence-electron chi connectivity index (χ1n) is 11.1. The SMILES string of the molecule is O=C(c1cnc2ccccc2c1)N1CCC2(CCCN(CCc3ccccc3)C2)C1. The number of carbonyl (C=O) groups excluding carboxylic acids is 1. The second kappa shape index (κ2) is 8.19. The third kappa shape index (κ3) is 3.97. The van der Waals surface area contributed by atoms with E-state index in [4.69, 9.17) is 0 Å². The van der Waals surface area contributed by atoms with Crippen molar-refractivity contribution in [2.45, 2.75) is 25.7 Å². The van der Waals surface area contributed by atoms with Crippen molar-refractivity contribution in [3.8, 4) is 0 Å². The first-order chi connectivity index (χ1) is 14.7. The Kier molecular flexibility index (Phi) is 5.26. The highest BCUT2D eigenvalue weighted by molar-refractivity contribution is 5.97. The minimum Gasteiger partial charge on any atom is -0.338 e. The van der Waals surface area contributed by atoms with Crippen LogP contribution in [0.1, 0.15) is 35.2 Å². The predicted octanol–water partition coefficient (Wildman–Crippen LogP) is 4.41. The smallest absolute Gasteiger partial charge is 0.255 e. The van der Waals surface area contributed by atoms with Crippen LogP contribution in [0.4, 0.5) is 0 Å². The van der Waals surface area contributed by atoms with Gasteiger partial charge in [-0.2, -0.15) is 0 Å². The predicted molar refractivity (Wildman–Crippen MR) is 121 cm³/mol. The van der Waals surface area contributed by atoms with Crippen molar-refractivity contribution < 1.29 is 4.79 Å². The molecule has 1 atom stereocenters. The number of hydrogen-bond acceptors (Lipinski definition) is 3. The molecule has 0 N–H and O–H groups in total. The summed E-state index contributed by atoms with van der Waals surface area (Å²) in [4.78, 5) is 22.3. The fraction of sp³-hybridized carbons (Fsp3) is 0.385. The molecule has 2 aliphatic rings. The van der Waals surface area contributed by atoms with Gasteiger partial charge in [0.1, 0.15) is 0 Å². The molecule has 3 aromatic rings. The van der Waals surface area contributed by atoms with Crippen molar-refractivity contribution >= 4 is 16.8 Å². The summed E-state index contributed by atoms with van der Waals surface area (Å²) < 4.78 is 0. The van der Waals surface area contributed by atoms with Gasteiger partial charge in [0, 0.05) is 43.2 Å². The molecule has 1 amide bonds. The van der Waals surface area contributed by atoms with Crippen LogP contribution in [0.15, 0.2) is 66.9 Å². The van der Waals surface area contributed by atoms with Gasteiger partial charge in [-0.15, -0.1) is 0 Å². The van der Waals surface area contributed by atoms with Gasteiger partial charge in [0.2, 0.25) is 0 Å². The molecular formula is C26H29N3O. The molecule has 0 saturated carbocycles. The average Bonchev–Trinajstić information content (AvgIpc) is 3.20. The van der Waals surface area contributed by atoms with Gasteiger partial charge in [-0.05, 0) is 49.9 Å². The minimum absolute atomic E-state index is 0.131. The zero-order valence-electron chi connectivity index (χ0n) is 17.5. The topological polar surface area (TPSA) is 36.4 Å². The molecular weight excluding hydrogens is 370 g/mol. The summed E-state index contributed by atoms with van der Waals surface area (Å²) in [6, 6.07) is 20.7. The van der Waals surface area contributed by atoms with Gasteiger partial charge in [-0.3, -0.25) is 9.78 Å². The van der Waals surface area contributed by atoms with Crippen LogP contribution in [-0.2, 0) is 6.42 Å². The number of nitrogens with zero attached hydrogens (tertiary/aromatic N) is 3. The summed E-state index contributed by atoms with van der Waals surface area (Å²) in [7, 11) is 0. The van der Waals surface area contributed by atoms with Gasteiger partial charge in [-0.1, -0.05) is 48.5 Å². The molecule has 5 rings (SSSR count). The van der Waals surface area contributed by atoms with Gasteiger partial charge >= 0.3 is 0 Å². The summed E-state index contributed by atoms with van der Waals surface area (Å²) in [6.45, 7) is 5.13. The molecule has 2 saturated heterocycles. The number of benzene rings is 2. The standard InChI is InChI=1S/C26H29N3O/c30-25(23-17-22-9-4-5-10-24(22)27-18-23)29-16-13-26(20-29)12-6-14-28(19-26)15-11-21-7-2-1-3-8-21/h1-5,7-10,17-18H,6,11-16,19-20H2. The van der Waals surface area contributed by atoms with E-state index in [2.05, 4.69) is 45.1 Å². The highest BCUT2D eigenvalue weighted by Crippen LogP contribution is 2.39. The van der Waals surface area contributed by atoms with Gasteiger partial charge < -0.3 is 9.80 Å². The third-order valence-electron chi connectivity index (χ3n) is 6.86. The van der Waals surface area contributed by atoms with Crippen LogP contribution in [0.25, 0.3) is 10.9 Å². The quantitative estimate of drug-likeness (QED) is 0.652. The summed E-state index contributed by atoms with van der Waals surface area (Å²) in [6.07, 6.45) is 6.41. The fourth-order valence-electron chi connectivity index (χ4n) is 5.25. The maximum atomic E-state index is 13.2. The van der Waals surface area contributed by atoms with Crippen molar-refractivity contribution in [1.82, 2.24) is 14.8 Å². The number of carbonyl (C=O) groups is 1. The molecule has 2 aliphatic heterocycles. The normalized spacial score (nSPS) is 22.1. The number of pyridine rings is 1. The Morgan fingerprint density at radius 1 is 0.967 bits per heavy atom. The highest BCUT2D eigenvalue weighted by Gasteiger charge is 2.42. The van der Waals surface area contributed by atoms with Crippen molar-refractivity contribution in [2.24, 2.45) is 5.41 Å². The van der Waals surface area contributed by atoms with Gasteiger partial charge in [0.15, 0.2) is 0 Å². The molecule has 0 radical (unpaired) electrons. The van der Waals surface area contributed by atoms with Crippen LogP contribution in [-0.4, -0.2) is 53.4 Å². The third-order valence-corrected chi connectivity index (χ3v) is 6.86. The average molecular weight is 400 g/mol. The second-order valence-electron chi connectivity index (χ2n) is 9.01. The summed E-state index contributed by atoms with van der Waals surface area (Å²) >= 11 is 0. The second-order valence-corrected chi connectivity index (χ2v) is 9.01. The Labute approximate surface area is 178 Å². The molecule has 1 aromatic heterocycles. The lowest BCUT2D eigenvalue weighted by Crippen LogP contribution is -2.46. The Hall–Kier alpha value is -2.72. The number of rotatable bonds is 4. The Balaban J connectivity index is 1.24. The van der Waals surface area contributed by atoms with E-state index < -0.39 is 0 Å². The molecule has 1 spiro atoms.